The quantitative estimate of drug-likeness (QED) is 0.819. The summed E-state index contributed by atoms with van der Waals surface area (Å²) in [6.45, 7) is 4.26. The van der Waals surface area contributed by atoms with Gasteiger partial charge in [-0.2, -0.15) is 5.26 Å². The van der Waals surface area contributed by atoms with Gasteiger partial charge < -0.3 is 5.73 Å². The summed E-state index contributed by atoms with van der Waals surface area (Å²) in [5.74, 6) is 0.349. The van der Waals surface area contributed by atoms with Crippen LogP contribution in [0.5, 0.6) is 0 Å². The molecule has 0 bridgehead atoms. The highest BCUT2D eigenvalue weighted by molar-refractivity contribution is 7.89. The van der Waals surface area contributed by atoms with Gasteiger partial charge in [-0.25, -0.2) is 13.1 Å². The average molecular weight is 281 g/mol. The molecule has 0 aliphatic rings. The minimum absolute atomic E-state index is 0.0914. The molecule has 1 aromatic carbocycles. The largest absolute Gasteiger partial charge is 0.329 e. The maximum atomic E-state index is 12.2. The lowest BCUT2D eigenvalue weighted by molar-refractivity contribution is 0.465. The van der Waals surface area contributed by atoms with Crippen molar-refractivity contribution >= 4 is 10.0 Å². The fraction of sp³-hybridized carbons (Fsp3) is 0.462. The van der Waals surface area contributed by atoms with Gasteiger partial charge in [-0.15, -0.1) is 0 Å². The minimum Gasteiger partial charge on any atom is -0.329 e. The number of hydrogen-bond acceptors (Lipinski definition) is 4. The normalized spacial score (nSPS) is 13.2. The Morgan fingerprint density at radius 1 is 1.42 bits per heavy atom. The Hall–Kier alpha value is -1.42. The van der Waals surface area contributed by atoms with Crippen LogP contribution in [0, 0.1) is 17.2 Å². The average Bonchev–Trinajstić information content (AvgIpc) is 2.37. The summed E-state index contributed by atoms with van der Waals surface area (Å²) in [6.07, 6.45) is 0.674. The molecular formula is C13H19N3O2S. The van der Waals surface area contributed by atoms with Crippen molar-refractivity contribution in [1.82, 2.24) is 4.72 Å². The van der Waals surface area contributed by atoms with E-state index in [0.717, 1.165) is 0 Å². The van der Waals surface area contributed by atoms with Crippen molar-refractivity contribution < 1.29 is 8.42 Å². The molecule has 1 unspecified atom stereocenters. The van der Waals surface area contributed by atoms with Crippen molar-refractivity contribution in [1.29, 1.82) is 5.26 Å². The van der Waals surface area contributed by atoms with E-state index in [9.17, 15) is 8.42 Å². The first-order chi connectivity index (χ1) is 8.89. The zero-order valence-electron chi connectivity index (χ0n) is 11.1. The summed E-state index contributed by atoms with van der Waals surface area (Å²) in [6, 6.07) is 7.55. The monoisotopic (exact) mass is 281 g/mol. The Morgan fingerprint density at radius 2 is 2.11 bits per heavy atom. The third-order valence-electron chi connectivity index (χ3n) is 2.64. The Balaban J connectivity index is 2.94. The molecule has 0 aliphatic heterocycles. The van der Waals surface area contributed by atoms with Crippen molar-refractivity contribution in [3.8, 4) is 6.07 Å². The number of nitrogens with one attached hydrogen (secondary N) is 1. The molecule has 0 amide bonds. The lowest BCUT2D eigenvalue weighted by Gasteiger charge is -2.18. The van der Waals surface area contributed by atoms with Crippen molar-refractivity contribution in [3.63, 3.8) is 0 Å². The maximum Gasteiger partial charge on any atom is 0.240 e. The molecule has 5 nitrogen and oxygen atoms in total. The summed E-state index contributed by atoms with van der Waals surface area (Å²) >= 11 is 0. The second-order valence-corrected chi connectivity index (χ2v) is 6.54. The van der Waals surface area contributed by atoms with Gasteiger partial charge >= 0.3 is 0 Å². The maximum absolute atomic E-state index is 12.2. The SMILES string of the molecule is CC(C)CC(CN)NS(=O)(=O)c1cccc(C#N)c1. The fourth-order valence-corrected chi connectivity index (χ4v) is 3.09. The van der Waals surface area contributed by atoms with Crippen molar-refractivity contribution in [3.05, 3.63) is 29.8 Å². The Morgan fingerprint density at radius 3 is 2.63 bits per heavy atom. The summed E-state index contributed by atoms with van der Waals surface area (Å²) in [4.78, 5) is 0.0914. The van der Waals surface area contributed by atoms with E-state index in [1.54, 1.807) is 12.1 Å². The highest BCUT2D eigenvalue weighted by Crippen LogP contribution is 2.13. The molecule has 0 fully saturated rings. The van der Waals surface area contributed by atoms with Gasteiger partial charge in [0.25, 0.3) is 0 Å². The van der Waals surface area contributed by atoms with Crippen LogP contribution < -0.4 is 10.5 Å². The van der Waals surface area contributed by atoms with Gasteiger partial charge in [0.05, 0.1) is 16.5 Å². The van der Waals surface area contributed by atoms with Crippen LogP contribution in [0.15, 0.2) is 29.2 Å². The second-order valence-electron chi connectivity index (χ2n) is 4.82. The minimum atomic E-state index is -3.63. The van der Waals surface area contributed by atoms with Gasteiger partial charge in [0.2, 0.25) is 10.0 Å². The van der Waals surface area contributed by atoms with Crippen LogP contribution in [0.2, 0.25) is 0 Å². The molecule has 1 aromatic rings. The lowest BCUT2D eigenvalue weighted by atomic mass is 10.1. The standard InChI is InChI=1S/C13H19N3O2S/c1-10(2)6-12(9-15)16-19(17,18)13-5-3-4-11(7-13)8-14/h3-5,7,10,12,16H,6,9,15H2,1-2H3. The van der Waals surface area contributed by atoms with Gasteiger partial charge in [0.1, 0.15) is 0 Å². The van der Waals surface area contributed by atoms with E-state index < -0.39 is 10.0 Å². The summed E-state index contributed by atoms with van der Waals surface area (Å²) < 4.78 is 26.9. The van der Waals surface area contributed by atoms with Gasteiger partial charge in [0.15, 0.2) is 0 Å². The van der Waals surface area contributed by atoms with E-state index in [4.69, 9.17) is 11.0 Å². The van der Waals surface area contributed by atoms with E-state index in [1.165, 1.54) is 12.1 Å². The van der Waals surface area contributed by atoms with Gasteiger partial charge in [-0.05, 0) is 30.5 Å². The van der Waals surface area contributed by atoms with Crippen LogP contribution in [-0.2, 0) is 10.0 Å². The van der Waals surface area contributed by atoms with Crippen LogP contribution in [0.4, 0.5) is 0 Å². The molecule has 0 radical (unpaired) electrons. The van der Waals surface area contributed by atoms with E-state index >= 15 is 0 Å². The number of nitrogens with two attached hydrogens (primary N) is 1. The molecule has 0 heterocycles. The topological polar surface area (TPSA) is 96.0 Å². The summed E-state index contributed by atoms with van der Waals surface area (Å²) in [5.41, 5.74) is 5.90. The molecule has 0 aromatic heterocycles. The van der Waals surface area contributed by atoms with E-state index in [2.05, 4.69) is 4.72 Å². The van der Waals surface area contributed by atoms with Crippen LogP contribution in [0.1, 0.15) is 25.8 Å². The molecule has 19 heavy (non-hydrogen) atoms. The number of hydrogen-bond donors (Lipinski definition) is 2. The molecule has 0 aliphatic carbocycles. The van der Waals surface area contributed by atoms with Gasteiger partial charge in [-0.3, -0.25) is 0 Å². The molecule has 3 N–H and O–H groups in total. The Bertz CT molecular complexity index is 561. The van der Waals surface area contributed by atoms with Crippen molar-refractivity contribution in [2.45, 2.75) is 31.2 Å². The Kier molecular flexibility index (Phi) is 5.48. The predicted molar refractivity (Wildman–Crippen MR) is 73.8 cm³/mol. The molecule has 6 heteroatoms. The third-order valence-corrected chi connectivity index (χ3v) is 4.15. The van der Waals surface area contributed by atoms with Crippen LogP contribution >= 0.6 is 0 Å². The fourth-order valence-electron chi connectivity index (χ4n) is 1.78. The molecule has 1 atom stereocenters. The first-order valence-corrected chi connectivity index (χ1v) is 7.60. The van der Waals surface area contributed by atoms with Crippen molar-refractivity contribution in [2.24, 2.45) is 11.7 Å². The van der Waals surface area contributed by atoms with E-state index in [-0.39, 0.29) is 17.5 Å². The number of rotatable bonds is 6. The lowest BCUT2D eigenvalue weighted by Crippen LogP contribution is -2.40. The van der Waals surface area contributed by atoms with Gasteiger partial charge in [-0.1, -0.05) is 19.9 Å². The second kappa shape index (κ2) is 6.66. The first kappa shape index (κ1) is 15.6. The molecule has 1 rings (SSSR count). The third kappa shape index (κ3) is 4.63. The molecule has 104 valence electrons. The van der Waals surface area contributed by atoms with Crippen LogP contribution in [0.25, 0.3) is 0 Å². The Labute approximate surface area is 114 Å². The molecule has 0 spiro atoms. The van der Waals surface area contributed by atoms with E-state index in [1.807, 2.05) is 19.9 Å². The number of nitrogens with zero attached hydrogens (tertiary/aromatic N) is 1. The smallest absolute Gasteiger partial charge is 0.240 e. The number of benzene rings is 1. The summed E-state index contributed by atoms with van der Waals surface area (Å²) in [5, 5.41) is 8.79. The van der Waals surface area contributed by atoms with Gasteiger partial charge in [0, 0.05) is 12.6 Å². The van der Waals surface area contributed by atoms with Crippen LogP contribution in [-0.4, -0.2) is 21.0 Å². The first-order valence-electron chi connectivity index (χ1n) is 6.11. The number of nitriles is 1. The van der Waals surface area contributed by atoms with E-state index in [0.29, 0.717) is 17.9 Å². The molecule has 0 saturated heterocycles. The molecule has 0 saturated carbocycles. The molecular weight excluding hydrogens is 262 g/mol. The number of sulfonamides is 1. The summed E-state index contributed by atoms with van der Waals surface area (Å²) in [7, 11) is -3.63. The predicted octanol–water partition coefficient (Wildman–Crippen LogP) is 1.21. The van der Waals surface area contributed by atoms with Crippen molar-refractivity contribution in [2.75, 3.05) is 6.54 Å². The zero-order valence-corrected chi connectivity index (χ0v) is 11.9. The zero-order chi connectivity index (χ0) is 14.5. The highest BCUT2D eigenvalue weighted by Gasteiger charge is 2.20. The van der Waals surface area contributed by atoms with Crippen LogP contribution in [0.3, 0.4) is 0 Å². The highest BCUT2D eigenvalue weighted by atomic mass is 32.2.